The fourth-order valence-electron chi connectivity index (χ4n) is 1.24. The van der Waals surface area contributed by atoms with Crippen molar-refractivity contribution in [1.82, 2.24) is 4.98 Å². The fraction of sp³-hybridized carbons (Fsp3) is 0.500. The molecule has 0 saturated heterocycles. The molecule has 0 atom stereocenters. The predicted molar refractivity (Wildman–Crippen MR) is 64.9 cm³/mol. The molecule has 0 aliphatic rings. The lowest BCUT2D eigenvalue weighted by atomic mass is 10.2. The summed E-state index contributed by atoms with van der Waals surface area (Å²) in [5.41, 5.74) is 0.895. The minimum Gasteiger partial charge on any atom is -0.444 e. The van der Waals surface area contributed by atoms with E-state index in [0.717, 1.165) is 5.56 Å². The van der Waals surface area contributed by atoms with Gasteiger partial charge in [-0.15, -0.1) is 0 Å². The quantitative estimate of drug-likeness (QED) is 0.844. The summed E-state index contributed by atoms with van der Waals surface area (Å²) in [6.45, 7) is 5.45. The third kappa shape index (κ3) is 5.31. The van der Waals surface area contributed by atoms with Gasteiger partial charge in [0, 0.05) is 12.8 Å². The van der Waals surface area contributed by atoms with Gasteiger partial charge in [-0.05, 0) is 38.8 Å². The van der Waals surface area contributed by atoms with Crippen molar-refractivity contribution in [1.29, 1.82) is 0 Å². The van der Waals surface area contributed by atoms with E-state index in [1.807, 2.05) is 0 Å². The van der Waals surface area contributed by atoms with Crippen molar-refractivity contribution >= 4 is 11.8 Å². The maximum Gasteiger partial charge on any atom is 0.412 e. The van der Waals surface area contributed by atoms with Crippen LogP contribution in [0.15, 0.2) is 18.5 Å². The lowest BCUT2D eigenvalue weighted by Gasteiger charge is -2.19. The summed E-state index contributed by atoms with van der Waals surface area (Å²) in [6, 6.07) is 1.76. The van der Waals surface area contributed by atoms with Crippen LogP contribution in [-0.2, 0) is 11.2 Å². The maximum atomic E-state index is 11.5. The molecule has 0 fully saturated rings. The summed E-state index contributed by atoms with van der Waals surface area (Å²) in [4.78, 5) is 15.5. The first-order chi connectivity index (χ1) is 7.90. The third-order valence-corrected chi connectivity index (χ3v) is 1.84. The number of rotatable bonds is 3. The smallest absolute Gasteiger partial charge is 0.412 e. The number of pyridine rings is 1. The van der Waals surface area contributed by atoms with E-state index in [4.69, 9.17) is 9.84 Å². The summed E-state index contributed by atoms with van der Waals surface area (Å²) in [7, 11) is 0. The molecule has 1 aromatic rings. The van der Waals surface area contributed by atoms with Crippen LogP contribution in [0, 0.1) is 0 Å². The minimum atomic E-state index is -0.528. The van der Waals surface area contributed by atoms with E-state index in [1.54, 1.807) is 33.0 Å². The molecule has 0 radical (unpaired) electrons. The molecule has 5 nitrogen and oxygen atoms in total. The highest BCUT2D eigenvalue weighted by Crippen LogP contribution is 2.12. The van der Waals surface area contributed by atoms with Crippen LogP contribution >= 0.6 is 0 Å². The van der Waals surface area contributed by atoms with Gasteiger partial charge < -0.3 is 9.84 Å². The van der Waals surface area contributed by atoms with Crippen molar-refractivity contribution in [2.45, 2.75) is 32.8 Å². The third-order valence-electron chi connectivity index (χ3n) is 1.84. The Balaban J connectivity index is 2.62. The number of amides is 1. The molecule has 1 amide bonds. The van der Waals surface area contributed by atoms with Crippen molar-refractivity contribution < 1.29 is 14.6 Å². The minimum absolute atomic E-state index is 0.0531. The first kappa shape index (κ1) is 13.4. The molecule has 17 heavy (non-hydrogen) atoms. The van der Waals surface area contributed by atoms with Crippen LogP contribution in [0.4, 0.5) is 10.5 Å². The second-order valence-electron chi connectivity index (χ2n) is 4.68. The summed E-state index contributed by atoms with van der Waals surface area (Å²) in [5, 5.41) is 11.4. The topological polar surface area (TPSA) is 71.5 Å². The van der Waals surface area contributed by atoms with E-state index >= 15 is 0 Å². The van der Waals surface area contributed by atoms with E-state index in [-0.39, 0.29) is 6.61 Å². The van der Waals surface area contributed by atoms with E-state index in [2.05, 4.69) is 10.3 Å². The highest BCUT2D eigenvalue weighted by atomic mass is 16.6. The maximum absolute atomic E-state index is 11.5. The molecule has 0 bridgehead atoms. The first-order valence-electron chi connectivity index (χ1n) is 5.45. The number of anilines is 1. The van der Waals surface area contributed by atoms with Crippen LogP contribution < -0.4 is 5.32 Å². The average molecular weight is 238 g/mol. The second-order valence-corrected chi connectivity index (χ2v) is 4.68. The van der Waals surface area contributed by atoms with Crippen LogP contribution in [0.3, 0.4) is 0 Å². The van der Waals surface area contributed by atoms with Crippen LogP contribution in [0.25, 0.3) is 0 Å². The molecule has 0 spiro atoms. The largest absolute Gasteiger partial charge is 0.444 e. The van der Waals surface area contributed by atoms with Gasteiger partial charge in [0.05, 0.1) is 11.9 Å². The Morgan fingerprint density at radius 2 is 2.18 bits per heavy atom. The van der Waals surface area contributed by atoms with Gasteiger partial charge in [-0.25, -0.2) is 4.79 Å². The summed E-state index contributed by atoms with van der Waals surface area (Å²) >= 11 is 0. The second kappa shape index (κ2) is 5.63. The van der Waals surface area contributed by atoms with Gasteiger partial charge in [-0.2, -0.15) is 0 Å². The van der Waals surface area contributed by atoms with Crippen molar-refractivity contribution in [3.05, 3.63) is 24.0 Å². The van der Waals surface area contributed by atoms with Crippen molar-refractivity contribution in [3.8, 4) is 0 Å². The molecule has 0 aliphatic carbocycles. The fourth-order valence-corrected chi connectivity index (χ4v) is 1.24. The number of aliphatic hydroxyl groups is 1. The zero-order valence-corrected chi connectivity index (χ0v) is 10.4. The van der Waals surface area contributed by atoms with Crippen molar-refractivity contribution in [3.63, 3.8) is 0 Å². The molecule has 1 aromatic heterocycles. The number of aromatic nitrogens is 1. The van der Waals surface area contributed by atoms with Gasteiger partial charge in [0.15, 0.2) is 0 Å². The molecule has 0 aliphatic heterocycles. The monoisotopic (exact) mass is 238 g/mol. The zero-order valence-electron chi connectivity index (χ0n) is 10.4. The van der Waals surface area contributed by atoms with Gasteiger partial charge in [0.25, 0.3) is 0 Å². The number of ether oxygens (including phenoxy) is 1. The molecule has 5 heteroatoms. The normalized spacial score (nSPS) is 11.1. The highest BCUT2D eigenvalue weighted by molar-refractivity contribution is 5.84. The number of carbonyl (C=O) groups is 1. The molecule has 94 valence electrons. The number of nitrogens with zero attached hydrogens (tertiary/aromatic N) is 1. The predicted octanol–water partition coefficient (Wildman–Crippen LogP) is 1.96. The van der Waals surface area contributed by atoms with Crippen LogP contribution in [0.5, 0.6) is 0 Å². The Morgan fingerprint density at radius 3 is 2.76 bits per heavy atom. The number of hydrogen-bond donors (Lipinski definition) is 2. The lowest BCUT2D eigenvalue weighted by Crippen LogP contribution is -2.27. The van der Waals surface area contributed by atoms with E-state index < -0.39 is 11.7 Å². The molecule has 2 N–H and O–H groups in total. The van der Waals surface area contributed by atoms with Gasteiger partial charge in [-0.1, -0.05) is 0 Å². The average Bonchev–Trinajstić information content (AvgIpc) is 2.15. The Hall–Kier alpha value is -1.62. The number of hydrogen-bond acceptors (Lipinski definition) is 4. The Bertz CT molecular complexity index is 386. The Labute approximate surface area is 101 Å². The van der Waals surface area contributed by atoms with Crippen LogP contribution in [0.2, 0.25) is 0 Å². The van der Waals surface area contributed by atoms with Gasteiger partial charge in [0.1, 0.15) is 5.60 Å². The summed E-state index contributed by atoms with van der Waals surface area (Å²) < 4.78 is 5.11. The van der Waals surface area contributed by atoms with Crippen molar-refractivity contribution in [2.75, 3.05) is 11.9 Å². The molecule has 1 heterocycles. The Kier molecular flexibility index (Phi) is 4.45. The number of nitrogens with one attached hydrogen (secondary N) is 1. The molecular weight excluding hydrogens is 220 g/mol. The van der Waals surface area contributed by atoms with Gasteiger partial charge in [-0.3, -0.25) is 10.3 Å². The van der Waals surface area contributed by atoms with E-state index in [1.165, 1.54) is 6.20 Å². The lowest BCUT2D eigenvalue weighted by molar-refractivity contribution is 0.0636. The van der Waals surface area contributed by atoms with Crippen LogP contribution in [-0.4, -0.2) is 28.4 Å². The molecular formula is C12H18N2O3. The number of aliphatic hydroxyl groups excluding tert-OH is 1. The Morgan fingerprint density at radius 1 is 1.47 bits per heavy atom. The van der Waals surface area contributed by atoms with E-state index in [0.29, 0.717) is 12.1 Å². The standard InChI is InChI=1S/C12H18N2O3/c1-12(2,3)17-11(16)14-10-6-9(4-5-15)7-13-8-10/h6-8,15H,4-5H2,1-3H3,(H,14,16). The first-order valence-corrected chi connectivity index (χ1v) is 5.45. The highest BCUT2D eigenvalue weighted by Gasteiger charge is 2.16. The zero-order chi connectivity index (χ0) is 12.9. The van der Waals surface area contributed by atoms with Gasteiger partial charge in [0.2, 0.25) is 0 Å². The SMILES string of the molecule is CC(C)(C)OC(=O)Nc1cncc(CCO)c1. The molecule has 1 rings (SSSR count). The number of carbonyl (C=O) groups excluding carboxylic acids is 1. The molecule has 0 saturated carbocycles. The molecule has 0 unspecified atom stereocenters. The van der Waals surface area contributed by atoms with Crippen molar-refractivity contribution in [2.24, 2.45) is 0 Å². The molecule has 0 aromatic carbocycles. The summed E-state index contributed by atoms with van der Waals surface area (Å²) in [5.74, 6) is 0. The van der Waals surface area contributed by atoms with Gasteiger partial charge >= 0.3 is 6.09 Å². The van der Waals surface area contributed by atoms with E-state index in [9.17, 15) is 4.79 Å². The summed E-state index contributed by atoms with van der Waals surface area (Å²) in [6.07, 6.45) is 3.18. The van der Waals surface area contributed by atoms with Crippen LogP contribution in [0.1, 0.15) is 26.3 Å².